The Morgan fingerprint density at radius 1 is 1.20 bits per heavy atom. The van der Waals surface area contributed by atoms with Gasteiger partial charge >= 0.3 is 0 Å². The lowest BCUT2D eigenvalue weighted by molar-refractivity contribution is 0.568. The molecule has 1 rings (SSSR count). The fraction of sp³-hybridized carbons (Fsp3) is 0.500. The summed E-state index contributed by atoms with van der Waals surface area (Å²) in [5.41, 5.74) is 5.86. The van der Waals surface area contributed by atoms with Crippen molar-refractivity contribution in [2.24, 2.45) is 0 Å². The van der Waals surface area contributed by atoms with Gasteiger partial charge in [-0.3, -0.25) is 0 Å². The maximum absolute atomic E-state index is 5.18. The van der Waals surface area contributed by atoms with Crippen molar-refractivity contribution in [3.05, 3.63) is 18.6 Å². The molecule has 2 heteroatoms. The van der Waals surface area contributed by atoms with E-state index >= 15 is 0 Å². The summed E-state index contributed by atoms with van der Waals surface area (Å²) in [7, 11) is 0. The second-order valence-electron chi connectivity index (χ2n) is 1.06. The van der Waals surface area contributed by atoms with Gasteiger partial charge in [0.2, 0.25) is 0 Å². The topological polar surface area (TPSA) is 39.2 Å². The van der Waals surface area contributed by atoms with Crippen LogP contribution in [0.4, 0.5) is 5.69 Å². The predicted octanol–water partition coefficient (Wildman–Crippen LogP) is 2.91. The Labute approximate surface area is 63.0 Å². The highest BCUT2D eigenvalue weighted by Crippen LogP contribution is 1.97. The van der Waals surface area contributed by atoms with E-state index < -0.39 is 0 Å². The summed E-state index contributed by atoms with van der Waals surface area (Å²) in [6.07, 6.45) is 3.02. The number of nitrogens with two attached hydrogens (primary N) is 1. The molecular formula is C8H17NO. The molecule has 0 fully saturated rings. The van der Waals surface area contributed by atoms with Crippen LogP contribution in [0, 0.1) is 0 Å². The molecule has 0 atom stereocenters. The molecule has 0 bridgehead atoms. The van der Waals surface area contributed by atoms with Crippen LogP contribution >= 0.6 is 0 Å². The molecule has 1 heterocycles. The third kappa shape index (κ3) is 7.08. The molecule has 0 aromatic carbocycles. The third-order valence-corrected chi connectivity index (χ3v) is 0.543. The number of hydrogen-bond donors (Lipinski definition) is 1. The Balaban J connectivity index is 0. The van der Waals surface area contributed by atoms with Crippen LogP contribution in [-0.2, 0) is 0 Å². The van der Waals surface area contributed by atoms with Gasteiger partial charge in [-0.15, -0.1) is 0 Å². The number of hydrogen-bond acceptors (Lipinski definition) is 2. The van der Waals surface area contributed by atoms with Crippen molar-refractivity contribution in [3.8, 4) is 0 Å². The minimum atomic E-state index is 0.676. The van der Waals surface area contributed by atoms with Gasteiger partial charge in [-0.25, -0.2) is 0 Å². The lowest BCUT2D eigenvalue weighted by Gasteiger charge is -1.66. The summed E-state index contributed by atoms with van der Waals surface area (Å²) >= 11 is 0. The second-order valence-corrected chi connectivity index (χ2v) is 1.06. The van der Waals surface area contributed by atoms with Crippen LogP contribution in [0.3, 0.4) is 0 Å². The maximum Gasteiger partial charge on any atom is 0.113 e. The Morgan fingerprint density at radius 3 is 1.80 bits per heavy atom. The molecule has 10 heavy (non-hydrogen) atoms. The molecule has 1 aromatic rings. The van der Waals surface area contributed by atoms with E-state index in [9.17, 15) is 0 Å². The summed E-state index contributed by atoms with van der Waals surface area (Å²) in [4.78, 5) is 0. The van der Waals surface area contributed by atoms with Crippen molar-refractivity contribution in [1.82, 2.24) is 0 Å². The number of nitrogen functional groups attached to an aromatic ring is 1. The van der Waals surface area contributed by atoms with Crippen LogP contribution in [0.5, 0.6) is 0 Å². The summed E-state index contributed by atoms with van der Waals surface area (Å²) in [5.74, 6) is 0. The predicted molar refractivity (Wildman–Crippen MR) is 45.8 cm³/mol. The van der Waals surface area contributed by atoms with Gasteiger partial charge in [0.15, 0.2) is 0 Å². The molecule has 0 radical (unpaired) electrons. The van der Waals surface area contributed by atoms with Crippen LogP contribution < -0.4 is 5.73 Å². The number of rotatable bonds is 0. The zero-order chi connectivity index (χ0) is 8.41. The van der Waals surface area contributed by atoms with E-state index in [4.69, 9.17) is 5.73 Å². The van der Waals surface area contributed by atoms with Crippen LogP contribution in [0.25, 0.3) is 0 Å². The standard InChI is InChI=1S/C4H5NO.2C2H6/c5-4-1-2-6-3-4;2*1-2/h1-3H,5H2;2*1-2H3. The lowest BCUT2D eigenvalue weighted by atomic mass is 10.6. The Kier molecular flexibility index (Phi) is 13.0. The maximum atomic E-state index is 5.18. The minimum Gasteiger partial charge on any atom is -0.470 e. The molecule has 0 aliphatic heterocycles. The van der Waals surface area contributed by atoms with Gasteiger partial charge in [-0.05, 0) is 6.07 Å². The number of furan rings is 1. The second kappa shape index (κ2) is 11.0. The van der Waals surface area contributed by atoms with E-state index in [1.165, 1.54) is 12.5 Å². The van der Waals surface area contributed by atoms with Crippen molar-refractivity contribution in [2.75, 3.05) is 5.73 Å². The van der Waals surface area contributed by atoms with E-state index in [1.807, 2.05) is 27.7 Å². The molecule has 0 aliphatic rings. The van der Waals surface area contributed by atoms with E-state index in [0.29, 0.717) is 5.69 Å². The molecule has 1 aromatic heterocycles. The molecular weight excluding hydrogens is 126 g/mol. The van der Waals surface area contributed by atoms with Crippen LogP contribution in [0.15, 0.2) is 23.0 Å². The van der Waals surface area contributed by atoms with Crippen molar-refractivity contribution < 1.29 is 4.42 Å². The van der Waals surface area contributed by atoms with Gasteiger partial charge in [-0.2, -0.15) is 0 Å². The van der Waals surface area contributed by atoms with Crippen molar-refractivity contribution in [2.45, 2.75) is 27.7 Å². The van der Waals surface area contributed by atoms with Crippen molar-refractivity contribution in [3.63, 3.8) is 0 Å². The third-order valence-electron chi connectivity index (χ3n) is 0.543. The molecule has 0 amide bonds. The summed E-state index contributed by atoms with van der Waals surface area (Å²) in [5, 5.41) is 0. The fourth-order valence-corrected chi connectivity index (χ4v) is 0.275. The lowest BCUT2D eigenvalue weighted by Crippen LogP contribution is -1.74. The van der Waals surface area contributed by atoms with E-state index in [1.54, 1.807) is 6.07 Å². The highest BCUT2D eigenvalue weighted by molar-refractivity contribution is 5.30. The van der Waals surface area contributed by atoms with Gasteiger partial charge in [0, 0.05) is 0 Å². The molecule has 0 saturated heterocycles. The SMILES string of the molecule is CC.CC.Nc1ccoc1. The number of anilines is 1. The first-order valence-corrected chi connectivity index (χ1v) is 3.67. The zero-order valence-corrected chi connectivity index (χ0v) is 7.22. The molecule has 0 saturated carbocycles. The van der Waals surface area contributed by atoms with E-state index in [0.717, 1.165) is 0 Å². The summed E-state index contributed by atoms with van der Waals surface area (Å²) in [6.45, 7) is 8.00. The highest BCUT2D eigenvalue weighted by atomic mass is 16.3. The molecule has 60 valence electrons. The molecule has 2 N–H and O–H groups in total. The fourth-order valence-electron chi connectivity index (χ4n) is 0.275. The summed E-state index contributed by atoms with van der Waals surface area (Å²) in [6, 6.07) is 1.69. The largest absolute Gasteiger partial charge is 0.470 e. The molecule has 0 spiro atoms. The van der Waals surface area contributed by atoms with E-state index in [2.05, 4.69) is 4.42 Å². The van der Waals surface area contributed by atoms with Crippen LogP contribution in [0.1, 0.15) is 27.7 Å². The quantitative estimate of drug-likeness (QED) is 0.606. The molecule has 0 aliphatic carbocycles. The van der Waals surface area contributed by atoms with E-state index in [-0.39, 0.29) is 0 Å². The summed E-state index contributed by atoms with van der Waals surface area (Å²) < 4.78 is 4.59. The van der Waals surface area contributed by atoms with Gasteiger partial charge in [0.05, 0.1) is 12.0 Å². The molecule has 0 unspecified atom stereocenters. The van der Waals surface area contributed by atoms with Crippen molar-refractivity contribution >= 4 is 5.69 Å². The average Bonchev–Trinajstić information content (AvgIpc) is 2.48. The first-order valence-electron chi connectivity index (χ1n) is 3.67. The first-order chi connectivity index (χ1) is 4.89. The zero-order valence-electron chi connectivity index (χ0n) is 7.22. The van der Waals surface area contributed by atoms with Gasteiger partial charge in [0.25, 0.3) is 0 Å². The van der Waals surface area contributed by atoms with Crippen molar-refractivity contribution in [1.29, 1.82) is 0 Å². The molecule has 2 nitrogen and oxygen atoms in total. The van der Waals surface area contributed by atoms with Gasteiger partial charge < -0.3 is 10.2 Å². The Bertz CT molecular complexity index is 113. The minimum absolute atomic E-state index is 0.676. The normalized spacial score (nSPS) is 6.40. The average molecular weight is 143 g/mol. The Hall–Kier alpha value is -0.920. The van der Waals surface area contributed by atoms with Gasteiger partial charge in [-0.1, -0.05) is 27.7 Å². The van der Waals surface area contributed by atoms with Gasteiger partial charge in [0.1, 0.15) is 6.26 Å². The highest BCUT2D eigenvalue weighted by Gasteiger charge is 1.76. The smallest absolute Gasteiger partial charge is 0.113 e. The monoisotopic (exact) mass is 143 g/mol. The first kappa shape index (κ1) is 11.8. The Morgan fingerprint density at radius 2 is 1.70 bits per heavy atom. The van der Waals surface area contributed by atoms with Crippen LogP contribution in [0.2, 0.25) is 0 Å². The van der Waals surface area contributed by atoms with Crippen LogP contribution in [-0.4, -0.2) is 0 Å².